The predicted octanol–water partition coefficient (Wildman–Crippen LogP) is 1.58. The van der Waals surface area contributed by atoms with Crippen molar-refractivity contribution in [1.82, 2.24) is 0 Å². The van der Waals surface area contributed by atoms with Crippen LogP contribution in [-0.2, 0) is 0 Å². The quantitative estimate of drug-likeness (QED) is 0.540. The second-order valence-electron chi connectivity index (χ2n) is 2.37. The van der Waals surface area contributed by atoms with Crippen LogP contribution in [0.5, 0.6) is 0 Å². The van der Waals surface area contributed by atoms with Gasteiger partial charge in [-0.3, -0.25) is 0 Å². The largest absolute Gasteiger partial charge is 0.389 e. The fourth-order valence-corrected chi connectivity index (χ4v) is 0.383. The minimum Gasteiger partial charge on any atom is -0.389 e. The Bertz CT molecular complexity index is 62.5. The summed E-state index contributed by atoms with van der Waals surface area (Å²) in [6.07, 6.45) is 3.49. The molecule has 0 aliphatic carbocycles. The minimum absolute atomic E-state index is 0.294. The lowest BCUT2D eigenvalue weighted by Gasteiger charge is -1.95. The zero-order valence-electron chi connectivity index (χ0n) is 5.76. The van der Waals surface area contributed by atoms with Crippen LogP contribution >= 0.6 is 0 Å². The standard InChI is InChI=1S/C7H14O/c1-6(2)4-5-7(3)8/h4-8H,1-3H3/b5-4+/t7-/m0/s1. The molecule has 8 heavy (non-hydrogen) atoms. The van der Waals surface area contributed by atoms with Gasteiger partial charge < -0.3 is 5.11 Å². The molecule has 0 aromatic carbocycles. The molecule has 1 heteroatoms. The van der Waals surface area contributed by atoms with E-state index in [9.17, 15) is 0 Å². The summed E-state index contributed by atoms with van der Waals surface area (Å²) in [5, 5.41) is 8.71. The van der Waals surface area contributed by atoms with Crippen molar-refractivity contribution in [1.29, 1.82) is 0 Å². The highest BCUT2D eigenvalue weighted by Crippen LogP contribution is 1.94. The molecule has 0 rings (SSSR count). The van der Waals surface area contributed by atoms with E-state index in [-0.39, 0.29) is 6.10 Å². The van der Waals surface area contributed by atoms with Crippen molar-refractivity contribution >= 4 is 0 Å². The van der Waals surface area contributed by atoms with Gasteiger partial charge in [0.2, 0.25) is 0 Å². The van der Waals surface area contributed by atoms with E-state index in [0.717, 1.165) is 0 Å². The monoisotopic (exact) mass is 114 g/mol. The van der Waals surface area contributed by atoms with Crippen LogP contribution < -0.4 is 0 Å². The molecular formula is C7H14O. The molecule has 0 aromatic heterocycles. The molecule has 0 amide bonds. The molecule has 48 valence electrons. The molecule has 0 aromatic rings. The first-order chi connectivity index (χ1) is 3.63. The van der Waals surface area contributed by atoms with Crippen LogP contribution in [0.2, 0.25) is 0 Å². The normalized spacial score (nSPS) is 15.6. The fraction of sp³-hybridized carbons (Fsp3) is 0.714. The highest BCUT2D eigenvalue weighted by atomic mass is 16.3. The van der Waals surface area contributed by atoms with E-state index >= 15 is 0 Å². The van der Waals surface area contributed by atoms with E-state index in [1.54, 1.807) is 13.0 Å². The van der Waals surface area contributed by atoms with E-state index in [2.05, 4.69) is 13.8 Å². The first kappa shape index (κ1) is 7.70. The van der Waals surface area contributed by atoms with Gasteiger partial charge in [0, 0.05) is 0 Å². The molecule has 0 heterocycles. The first-order valence-corrected chi connectivity index (χ1v) is 2.99. The van der Waals surface area contributed by atoms with E-state index < -0.39 is 0 Å². The predicted molar refractivity (Wildman–Crippen MR) is 35.7 cm³/mol. The second kappa shape index (κ2) is 3.67. The molecule has 0 spiro atoms. The van der Waals surface area contributed by atoms with Gasteiger partial charge >= 0.3 is 0 Å². The highest BCUT2D eigenvalue weighted by Gasteiger charge is 1.86. The van der Waals surface area contributed by atoms with Gasteiger partial charge in [0.05, 0.1) is 6.10 Å². The van der Waals surface area contributed by atoms with Crippen molar-refractivity contribution in [2.45, 2.75) is 26.9 Å². The van der Waals surface area contributed by atoms with Crippen molar-refractivity contribution in [2.75, 3.05) is 0 Å². The topological polar surface area (TPSA) is 20.2 Å². The molecule has 0 fully saturated rings. The average molecular weight is 114 g/mol. The summed E-state index contributed by atoms with van der Waals surface area (Å²) in [5.74, 6) is 0.546. The van der Waals surface area contributed by atoms with Crippen molar-refractivity contribution < 1.29 is 5.11 Å². The second-order valence-corrected chi connectivity index (χ2v) is 2.37. The van der Waals surface area contributed by atoms with Crippen LogP contribution in [0.4, 0.5) is 0 Å². The van der Waals surface area contributed by atoms with Gasteiger partial charge in [-0.05, 0) is 12.8 Å². The van der Waals surface area contributed by atoms with Crippen LogP contribution in [0.15, 0.2) is 12.2 Å². The fourth-order valence-electron chi connectivity index (χ4n) is 0.383. The van der Waals surface area contributed by atoms with Gasteiger partial charge in [-0.25, -0.2) is 0 Å². The zero-order valence-corrected chi connectivity index (χ0v) is 5.76. The third-order valence-electron chi connectivity index (χ3n) is 0.775. The van der Waals surface area contributed by atoms with Crippen molar-refractivity contribution in [3.63, 3.8) is 0 Å². The highest BCUT2D eigenvalue weighted by molar-refractivity contribution is 4.88. The molecule has 0 saturated heterocycles. The van der Waals surface area contributed by atoms with Crippen LogP contribution in [0, 0.1) is 5.92 Å². The Hall–Kier alpha value is -0.300. The van der Waals surface area contributed by atoms with Crippen LogP contribution in [0.25, 0.3) is 0 Å². The smallest absolute Gasteiger partial charge is 0.0692 e. The molecule has 1 N–H and O–H groups in total. The van der Waals surface area contributed by atoms with Crippen LogP contribution in [0.3, 0.4) is 0 Å². The Morgan fingerprint density at radius 3 is 1.75 bits per heavy atom. The van der Waals surface area contributed by atoms with Gasteiger partial charge in [-0.2, -0.15) is 0 Å². The third kappa shape index (κ3) is 5.70. The first-order valence-electron chi connectivity index (χ1n) is 2.99. The summed E-state index contributed by atoms with van der Waals surface area (Å²) in [5.41, 5.74) is 0. The number of hydrogen-bond acceptors (Lipinski definition) is 1. The molecule has 0 saturated carbocycles. The Morgan fingerprint density at radius 2 is 1.62 bits per heavy atom. The van der Waals surface area contributed by atoms with Crippen molar-refractivity contribution in [3.8, 4) is 0 Å². The third-order valence-corrected chi connectivity index (χ3v) is 0.775. The Labute approximate surface area is 51.0 Å². The van der Waals surface area contributed by atoms with E-state index in [0.29, 0.717) is 5.92 Å². The van der Waals surface area contributed by atoms with Crippen molar-refractivity contribution in [2.24, 2.45) is 5.92 Å². The molecule has 0 unspecified atom stereocenters. The summed E-state index contributed by atoms with van der Waals surface area (Å²) >= 11 is 0. The molecule has 0 radical (unpaired) electrons. The van der Waals surface area contributed by atoms with Gasteiger partial charge in [0.1, 0.15) is 0 Å². The van der Waals surface area contributed by atoms with E-state index in [1.807, 2.05) is 6.08 Å². The number of aliphatic hydroxyl groups is 1. The Morgan fingerprint density at radius 1 is 1.12 bits per heavy atom. The maximum atomic E-state index is 8.71. The molecule has 0 bridgehead atoms. The SMILES string of the molecule is CC(C)/C=C/[C@H](C)O. The number of aliphatic hydroxyl groups excluding tert-OH is 1. The maximum Gasteiger partial charge on any atom is 0.0692 e. The van der Waals surface area contributed by atoms with E-state index in [1.165, 1.54) is 0 Å². The summed E-state index contributed by atoms with van der Waals surface area (Å²) in [6.45, 7) is 5.91. The Kier molecular flexibility index (Phi) is 3.53. The van der Waals surface area contributed by atoms with E-state index in [4.69, 9.17) is 5.11 Å². The number of rotatable bonds is 2. The lowest BCUT2D eigenvalue weighted by Crippen LogP contribution is -1.92. The van der Waals surface area contributed by atoms with Gasteiger partial charge in [-0.1, -0.05) is 26.0 Å². The minimum atomic E-state index is -0.294. The van der Waals surface area contributed by atoms with Gasteiger partial charge in [0.25, 0.3) is 0 Å². The average Bonchev–Trinajstić information content (AvgIpc) is 1.61. The number of hydrogen-bond donors (Lipinski definition) is 1. The Balaban J connectivity index is 3.34. The summed E-state index contributed by atoms with van der Waals surface area (Å²) in [4.78, 5) is 0. The molecule has 0 aliphatic heterocycles. The van der Waals surface area contributed by atoms with Crippen molar-refractivity contribution in [3.05, 3.63) is 12.2 Å². The van der Waals surface area contributed by atoms with Gasteiger partial charge in [-0.15, -0.1) is 0 Å². The van der Waals surface area contributed by atoms with Crippen LogP contribution in [0.1, 0.15) is 20.8 Å². The zero-order chi connectivity index (χ0) is 6.57. The lowest BCUT2D eigenvalue weighted by molar-refractivity contribution is 0.243. The molecule has 1 nitrogen and oxygen atoms in total. The molecule has 0 aliphatic rings. The molecular weight excluding hydrogens is 100 g/mol. The van der Waals surface area contributed by atoms with Gasteiger partial charge in [0.15, 0.2) is 0 Å². The maximum absolute atomic E-state index is 8.71. The number of allylic oxidation sites excluding steroid dienone is 1. The van der Waals surface area contributed by atoms with Crippen LogP contribution in [-0.4, -0.2) is 11.2 Å². The lowest BCUT2D eigenvalue weighted by atomic mass is 10.2. The molecule has 1 atom stereocenters. The summed E-state index contributed by atoms with van der Waals surface area (Å²) in [7, 11) is 0. The summed E-state index contributed by atoms with van der Waals surface area (Å²) in [6, 6.07) is 0. The summed E-state index contributed by atoms with van der Waals surface area (Å²) < 4.78 is 0.